The minimum Gasteiger partial charge on any atom is -0.299 e. The van der Waals surface area contributed by atoms with Crippen LogP contribution in [0.5, 0.6) is 0 Å². The Morgan fingerprint density at radius 1 is 0.909 bits per heavy atom. The van der Waals surface area contributed by atoms with Crippen LogP contribution in [0.1, 0.15) is 36.2 Å². The number of ketones is 2. The lowest BCUT2D eigenvalue weighted by Gasteiger charge is -2.15. The van der Waals surface area contributed by atoms with E-state index in [1.165, 1.54) is 6.92 Å². The van der Waals surface area contributed by atoms with Gasteiger partial charge >= 0.3 is 0 Å². The van der Waals surface area contributed by atoms with Gasteiger partial charge in [0.05, 0.1) is 5.92 Å². The zero-order valence-corrected chi connectivity index (χ0v) is 13.0. The van der Waals surface area contributed by atoms with E-state index in [2.05, 4.69) is 0 Å². The summed E-state index contributed by atoms with van der Waals surface area (Å²) in [5, 5.41) is 0. The van der Waals surface area contributed by atoms with E-state index in [0.717, 1.165) is 11.1 Å². The van der Waals surface area contributed by atoms with Crippen LogP contribution in [-0.2, 0) is 4.79 Å². The molecule has 2 aromatic rings. The van der Waals surface area contributed by atoms with Crippen molar-refractivity contribution in [1.29, 1.82) is 0 Å². The Morgan fingerprint density at radius 2 is 1.41 bits per heavy atom. The molecular formula is C20H20O2. The molecule has 0 heterocycles. The average Bonchev–Trinajstić information content (AvgIpc) is 2.56. The highest BCUT2D eigenvalue weighted by Crippen LogP contribution is 2.25. The normalized spacial score (nSPS) is 12.7. The quantitative estimate of drug-likeness (QED) is 0.577. The van der Waals surface area contributed by atoms with Gasteiger partial charge in [-0.2, -0.15) is 0 Å². The topological polar surface area (TPSA) is 34.1 Å². The summed E-state index contributed by atoms with van der Waals surface area (Å²) < 4.78 is 0. The van der Waals surface area contributed by atoms with Crippen molar-refractivity contribution in [3.8, 4) is 0 Å². The fraction of sp³-hybridized carbons (Fsp3) is 0.200. The summed E-state index contributed by atoms with van der Waals surface area (Å²) in [6, 6.07) is 18.9. The van der Waals surface area contributed by atoms with Crippen LogP contribution in [0.3, 0.4) is 0 Å². The molecule has 0 radical (unpaired) electrons. The maximum atomic E-state index is 12.6. The number of carbonyl (C=O) groups is 2. The molecule has 1 unspecified atom stereocenters. The van der Waals surface area contributed by atoms with Gasteiger partial charge in [0.25, 0.3) is 0 Å². The van der Waals surface area contributed by atoms with Crippen LogP contribution >= 0.6 is 0 Å². The first-order valence-corrected chi connectivity index (χ1v) is 7.43. The van der Waals surface area contributed by atoms with Crippen LogP contribution in [-0.4, -0.2) is 11.6 Å². The highest BCUT2D eigenvalue weighted by molar-refractivity contribution is 6.10. The zero-order chi connectivity index (χ0) is 15.9. The second-order valence-electron chi connectivity index (χ2n) is 5.28. The van der Waals surface area contributed by atoms with Crippen LogP contribution in [0.25, 0.3) is 5.57 Å². The predicted molar refractivity (Wildman–Crippen MR) is 89.7 cm³/mol. The summed E-state index contributed by atoms with van der Waals surface area (Å²) in [4.78, 5) is 24.6. The van der Waals surface area contributed by atoms with Gasteiger partial charge in [0.1, 0.15) is 5.78 Å². The predicted octanol–water partition coefficient (Wildman–Crippen LogP) is 4.57. The van der Waals surface area contributed by atoms with E-state index in [9.17, 15) is 9.59 Å². The molecule has 0 N–H and O–H groups in total. The SMILES string of the molecule is C/C=C(/CC(C(C)=O)C(=O)c1ccccc1)c1ccccc1. The summed E-state index contributed by atoms with van der Waals surface area (Å²) in [6.45, 7) is 3.43. The molecule has 0 saturated carbocycles. The van der Waals surface area contributed by atoms with Crippen LogP contribution in [0.15, 0.2) is 66.7 Å². The molecule has 0 fully saturated rings. The van der Waals surface area contributed by atoms with E-state index in [1.807, 2.05) is 61.5 Å². The van der Waals surface area contributed by atoms with Gasteiger partial charge in [0.15, 0.2) is 5.78 Å². The van der Waals surface area contributed by atoms with E-state index in [1.54, 1.807) is 12.1 Å². The Balaban J connectivity index is 2.26. The molecule has 2 aromatic carbocycles. The molecule has 0 spiro atoms. The first-order chi connectivity index (χ1) is 10.6. The smallest absolute Gasteiger partial charge is 0.173 e. The van der Waals surface area contributed by atoms with Gasteiger partial charge in [-0.15, -0.1) is 0 Å². The van der Waals surface area contributed by atoms with Gasteiger partial charge < -0.3 is 0 Å². The monoisotopic (exact) mass is 292 g/mol. The van der Waals surface area contributed by atoms with Gasteiger partial charge in [0, 0.05) is 5.56 Å². The molecular weight excluding hydrogens is 272 g/mol. The Labute approximate surface area is 131 Å². The Bertz CT molecular complexity index is 669. The Kier molecular flexibility index (Phi) is 5.42. The zero-order valence-electron chi connectivity index (χ0n) is 13.0. The molecule has 0 saturated heterocycles. The summed E-state index contributed by atoms with van der Waals surface area (Å²) >= 11 is 0. The van der Waals surface area contributed by atoms with Gasteiger partial charge in [-0.3, -0.25) is 9.59 Å². The van der Waals surface area contributed by atoms with Crippen molar-refractivity contribution in [3.63, 3.8) is 0 Å². The third kappa shape index (κ3) is 3.79. The highest BCUT2D eigenvalue weighted by Gasteiger charge is 2.25. The molecule has 2 heteroatoms. The maximum Gasteiger partial charge on any atom is 0.173 e. The number of allylic oxidation sites excluding steroid dienone is 2. The summed E-state index contributed by atoms with van der Waals surface area (Å²) in [7, 11) is 0. The van der Waals surface area contributed by atoms with Gasteiger partial charge in [-0.05, 0) is 31.4 Å². The highest BCUT2D eigenvalue weighted by atomic mass is 16.1. The third-order valence-electron chi connectivity index (χ3n) is 3.78. The number of hydrogen-bond donors (Lipinski definition) is 0. The molecule has 2 nitrogen and oxygen atoms in total. The largest absolute Gasteiger partial charge is 0.299 e. The fourth-order valence-electron chi connectivity index (χ4n) is 2.50. The number of rotatable bonds is 6. The first kappa shape index (κ1) is 15.9. The molecule has 22 heavy (non-hydrogen) atoms. The lowest BCUT2D eigenvalue weighted by Crippen LogP contribution is -2.22. The van der Waals surface area contributed by atoms with Crippen molar-refractivity contribution < 1.29 is 9.59 Å². The van der Waals surface area contributed by atoms with Crippen molar-refractivity contribution in [3.05, 3.63) is 77.9 Å². The lowest BCUT2D eigenvalue weighted by molar-refractivity contribution is -0.119. The third-order valence-corrected chi connectivity index (χ3v) is 3.78. The number of hydrogen-bond acceptors (Lipinski definition) is 2. The van der Waals surface area contributed by atoms with Crippen LogP contribution in [0.2, 0.25) is 0 Å². The van der Waals surface area contributed by atoms with Crippen LogP contribution in [0.4, 0.5) is 0 Å². The van der Waals surface area contributed by atoms with Crippen molar-refractivity contribution in [2.45, 2.75) is 20.3 Å². The molecule has 0 aromatic heterocycles. The van der Waals surface area contributed by atoms with Gasteiger partial charge in [0.2, 0.25) is 0 Å². The Morgan fingerprint density at radius 3 is 1.86 bits per heavy atom. The van der Waals surface area contributed by atoms with Crippen LogP contribution < -0.4 is 0 Å². The summed E-state index contributed by atoms with van der Waals surface area (Å²) in [5.41, 5.74) is 2.66. The molecule has 0 aliphatic rings. The van der Waals surface area contributed by atoms with Crippen molar-refractivity contribution in [2.75, 3.05) is 0 Å². The Hall–Kier alpha value is -2.48. The summed E-state index contributed by atoms with van der Waals surface area (Å²) in [5.74, 6) is -0.832. The molecule has 0 amide bonds. The number of carbonyl (C=O) groups excluding carboxylic acids is 2. The fourth-order valence-corrected chi connectivity index (χ4v) is 2.50. The van der Waals surface area contributed by atoms with E-state index in [4.69, 9.17) is 0 Å². The lowest BCUT2D eigenvalue weighted by atomic mass is 9.86. The molecule has 1 atom stereocenters. The molecule has 112 valence electrons. The second-order valence-corrected chi connectivity index (χ2v) is 5.28. The minimum atomic E-state index is -0.631. The molecule has 0 aliphatic carbocycles. The number of Topliss-reactive ketones (excluding diaryl/α,β-unsaturated/α-hetero) is 2. The van der Waals surface area contributed by atoms with Crippen molar-refractivity contribution >= 4 is 17.1 Å². The standard InChI is InChI=1S/C20H20O2/c1-3-16(17-10-6-4-7-11-17)14-19(15(2)21)20(22)18-12-8-5-9-13-18/h3-13,19H,14H2,1-2H3/b16-3-. The molecule has 2 rings (SSSR count). The molecule has 0 aliphatic heterocycles. The molecule has 0 bridgehead atoms. The van der Waals surface area contributed by atoms with E-state index in [-0.39, 0.29) is 11.6 Å². The van der Waals surface area contributed by atoms with E-state index in [0.29, 0.717) is 12.0 Å². The maximum absolute atomic E-state index is 12.6. The van der Waals surface area contributed by atoms with Gasteiger partial charge in [-0.25, -0.2) is 0 Å². The minimum absolute atomic E-state index is 0.0934. The van der Waals surface area contributed by atoms with E-state index < -0.39 is 5.92 Å². The van der Waals surface area contributed by atoms with Crippen LogP contribution in [0, 0.1) is 5.92 Å². The van der Waals surface area contributed by atoms with Crippen molar-refractivity contribution in [2.24, 2.45) is 5.92 Å². The van der Waals surface area contributed by atoms with Gasteiger partial charge in [-0.1, -0.05) is 66.7 Å². The van der Waals surface area contributed by atoms with E-state index >= 15 is 0 Å². The second kappa shape index (κ2) is 7.51. The summed E-state index contributed by atoms with van der Waals surface area (Å²) in [6.07, 6.45) is 2.41. The number of benzene rings is 2. The average molecular weight is 292 g/mol. The van der Waals surface area contributed by atoms with Crippen molar-refractivity contribution in [1.82, 2.24) is 0 Å². The first-order valence-electron chi connectivity index (χ1n) is 7.43.